The SMILES string of the molecule is CCCC(C)N(C)c1ncc(CNCC(C)C)s1. The molecule has 0 aliphatic carbocycles. The van der Waals surface area contributed by atoms with Crippen LogP contribution in [0, 0.1) is 5.92 Å². The van der Waals surface area contributed by atoms with Gasteiger partial charge in [-0.1, -0.05) is 27.2 Å². The van der Waals surface area contributed by atoms with Crippen LogP contribution < -0.4 is 10.2 Å². The van der Waals surface area contributed by atoms with Gasteiger partial charge in [-0.2, -0.15) is 0 Å². The van der Waals surface area contributed by atoms with E-state index in [2.05, 4.69) is 49.9 Å². The summed E-state index contributed by atoms with van der Waals surface area (Å²) in [6.45, 7) is 11.0. The van der Waals surface area contributed by atoms with E-state index >= 15 is 0 Å². The Balaban J connectivity index is 2.46. The summed E-state index contributed by atoms with van der Waals surface area (Å²) in [5.41, 5.74) is 0. The number of nitrogens with one attached hydrogen (secondary N) is 1. The van der Waals surface area contributed by atoms with Gasteiger partial charge in [-0.25, -0.2) is 4.98 Å². The monoisotopic (exact) mass is 269 g/mol. The maximum Gasteiger partial charge on any atom is 0.185 e. The second kappa shape index (κ2) is 7.74. The molecule has 0 saturated heterocycles. The lowest BCUT2D eigenvalue weighted by Gasteiger charge is -2.23. The van der Waals surface area contributed by atoms with Crippen LogP contribution in [0.1, 0.15) is 45.4 Å². The fourth-order valence-electron chi connectivity index (χ4n) is 1.83. The first-order valence-corrected chi connectivity index (χ1v) is 7.74. The van der Waals surface area contributed by atoms with Crippen molar-refractivity contribution in [2.24, 2.45) is 5.92 Å². The second-order valence-corrected chi connectivity index (χ2v) is 6.48. The third kappa shape index (κ3) is 4.94. The van der Waals surface area contributed by atoms with Crippen LogP contribution in [0.5, 0.6) is 0 Å². The van der Waals surface area contributed by atoms with E-state index in [4.69, 9.17) is 0 Å². The molecule has 1 aromatic rings. The lowest BCUT2D eigenvalue weighted by Crippen LogP contribution is -2.28. The summed E-state index contributed by atoms with van der Waals surface area (Å²) >= 11 is 1.80. The average molecular weight is 269 g/mol. The fourth-order valence-corrected chi connectivity index (χ4v) is 2.77. The van der Waals surface area contributed by atoms with Gasteiger partial charge in [0.05, 0.1) is 0 Å². The molecule has 1 rings (SSSR count). The molecular formula is C14H27N3S. The van der Waals surface area contributed by atoms with Crippen molar-refractivity contribution in [1.82, 2.24) is 10.3 Å². The summed E-state index contributed by atoms with van der Waals surface area (Å²) in [6.07, 6.45) is 4.44. The number of aromatic nitrogens is 1. The molecule has 1 N–H and O–H groups in total. The third-order valence-corrected chi connectivity index (χ3v) is 4.15. The Kier molecular flexibility index (Phi) is 6.65. The predicted molar refractivity (Wildman–Crippen MR) is 81.4 cm³/mol. The minimum Gasteiger partial charge on any atom is -0.348 e. The van der Waals surface area contributed by atoms with Gasteiger partial charge in [-0.3, -0.25) is 0 Å². The van der Waals surface area contributed by atoms with Crippen molar-refractivity contribution in [3.8, 4) is 0 Å². The lowest BCUT2D eigenvalue weighted by atomic mass is 10.2. The van der Waals surface area contributed by atoms with Crippen LogP contribution in [-0.4, -0.2) is 24.6 Å². The zero-order chi connectivity index (χ0) is 13.5. The summed E-state index contributed by atoms with van der Waals surface area (Å²) in [6, 6.07) is 0.567. The molecule has 0 radical (unpaired) electrons. The molecule has 1 aromatic heterocycles. The molecular weight excluding hydrogens is 242 g/mol. The minimum absolute atomic E-state index is 0.567. The van der Waals surface area contributed by atoms with Crippen LogP contribution in [0.15, 0.2) is 6.20 Å². The van der Waals surface area contributed by atoms with Crippen molar-refractivity contribution >= 4 is 16.5 Å². The molecule has 1 unspecified atom stereocenters. The van der Waals surface area contributed by atoms with E-state index in [1.54, 1.807) is 11.3 Å². The summed E-state index contributed by atoms with van der Waals surface area (Å²) in [4.78, 5) is 8.13. The molecule has 0 aliphatic heterocycles. The highest BCUT2D eigenvalue weighted by Gasteiger charge is 2.12. The van der Waals surface area contributed by atoms with Crippen molar-refractivity contribution in [3.63, 3.8) is 0 Å². The Hall–Kier alpha value is -0.610. The van der Waals surface area contributed by atoms with Crippen LogP contribution in [-0.2, 0) is 6.54 Å². The molecule has 0 fully saturated rings. The van der Waals surface area contributed by atoms with Gasteiger partial charge in [-0.05, 0) is 25.8 Å². The van der Waals surface area contributed by atoms with Gasteiger partial charge in [0.2, 0.25) is 0 Å². The van der Waals surface area contributed by atoms with Crippen molar-refractivity contribution < 1.29 is 0 Å². The van der Waals surface area contributed by atoms with Crippen LogP contribution in [0.4, 0.5) is 5.13 Å². The highest BCUT2D eigenvalue weighted by atomic mass is 32.1. The summed E-state index contributed by atoms with van der Waals surface area (Å²) in [5, 5.41) is 4.60. The van der Waals surface area contributed by atoms with Crippen LogP contribution in [0.2, 0.25) is 0 Å². The van der Waals surface area contributed by atoms with Crippen LogP contribution in [0.25, 0.3) is 0 Å². The number of thiazole rings is 1. The van der Waals surface area contributed by atoms with Gasteiger partial charge in [0.25, 0.3) is 0 Å². The Morgan fingerprint density at radius 3 is 2.72 bits per heavy atom. The van der Waals surface area contributed by atoms with Gasteiger partial charge in [-0.15, -0.1) is 11.3 Å². The molecule has 1 heterocycles. The summed E-state index contributed by atoms with van der Waals surface area (Å²) < 4.78 is 0. The molecule has 18 heavy (non-hydrogen) atoms. The van der Waals surface area contributed by atoms with Gasteiger partial charge in [0, 0.05) is 30.7 Å². The Bertz CT molecular complexity index is 336. The van der Waals surface area contributed by atoms with E-state index in [-0.39, 0.29) is 0 Å². The smallest absolute Gasteiger partial charge is 0.185 e. The van der Waals surface area contributed by atoms with Crippen molar-refractivity contribution in [2.45, 2.75) is 53.1 Å². The Morgan fingerprint density at radius 1 is 1.39 bits per heavy atom. The highest BCUT2D eigenvalue weighted by Crippen LogP contribution is 2.24. The predicted octanol–water partition coefficient (Wildman–Crippen LogP) is 3.51. The zero-order valence-corrected chi connectivity index (χ0v) is 13.2. The molecule has 0 aliphatic rings. The molecule has 0 spiro atoms. The van der Waals surface area contributed by atoms with E-state index in [9.17, 15) is 0 Å². The van der Waals surface area contributed by atoms with E-state index in [1.165, 1.54) is 17.7 Å². The Morgan fingerprint density at radius 2 is 2.11 bits per heavy atom. The van der Waals surface area contributed by atoms with Gasteiger partial charge < -0.3 is 10.2 Å². The van der Waals surface area contributed by atoms with Gasteiger partial charge in [0.1, 0.15) is 0 Å². The fraction of sp³-hybridized carbons (Fsp3) is 0.786. The molecule has 104 valence electrons. The topological polar surface area (TPSA) is 28.2 Å². The second-order valence-electron chi connectivity index (χ2n) is 5.38. The molecule has 0 saturated carbocycles. The maximum atomic E-state index is 4.52. The molecule has 0 aromatic carbocycles. The normalized spacial score (nSPS) is 13.0. The number of hydrogen-bond acceptors (Lipinski definition) is 4. The zero-order valence-electron chi connectivity index (χ0n) is 12.4. The molecule has 0 bridgehead atoms. The van der Waals surface area contributed by atoms with Crippen LogP contribution >= 0.6 is 11.3 Å². The van der Waals surface area contributed by atoms with Crippen molar-refractivity contribution in [1.29, 1.82) is 0 Å². The first-order chi connectivity index (χ1) is 8.54. The largest absolute Gasteiger partial charge is 0.348 e. The van der Waals surface area contributed by atoms with Crippen molar-refractivity contribution in [3.05, 3.63) is 11.1 Å². The van der Waals surface area contributed by atoms with Gasteiger partial charge in [0.15, 0.2) is 5.13 Å². The number of nitrogens with zero attached hydrogens (tertiary/aromatic N) is 2. The first kappa shape index (κ1) is 15.4. The van der Waals surface area contributed by atoms with E-state index in [0.29, 0.717) is 12.0 Å². The molecule has 1 atom stereocenters. The number of anilines is 1. The summed E-state index contributed by atoms with van der Waals surface area (Å²) in [5.74, 6) is 0.699. The third-order valence-electron chi connectivity index (χ3n) is 3.06. The first-order valence-electron chi connectivity index (χ1n) is 6.92. The average Bonchev–Trinajstić information content (AvgIpc) is 2.76. The number of rotatable bonds is 8. The highest BCUT2D eigenvalue weighted by molar-refractivity contribution is 7.15. The molecule has 3 nitrogen and oxygen atoms in total. The van der Waals surface area contributed by atoms with Crippen molar-refractivity contribution in [2.75, 3.05) is 18.5 Å². The summed E-state index contributed by atoms with van der Waals surface area (Å²) in [7, 11) is 2.14. The molecule has 0 amide bonds. The Labute approximate surface area is 116 Å². The van der Waals surface area contributed by atoms with E-state index in [1.807, 2.05) is 6.20 Å². The quantitative estimate of drug-likeness (QED) is 0.783. The maximum absolute atomic E-state index is 4.52. The van der Waals surface area contributed by atoms with Gasteiger partial charge >= 0.3 is 0 Å². The molecule has 4 heteroatoms. The van der Waals surface area contributed by atoms with Crippen LogP contribution in [0.3, 0.4) is 0 Å². The lowest BCUT2D eigenvalue weighted by molar-refractivity contribution is 0.554. The van der Waals surface area contributed by atoms with E-state index in [0.717, 1.165) is 18.2 Å². The standard InChI is InChI=1S/C14H27N3S/c1-6-7-12(4)17(5)14-16-10-13(18-14)9-15-8-11(2)3/h10-12,15H,6-9H2,1-5H3. The number of hydrogen-bond donors (Lipinski definition) is 1. The van der Waals surface area contributed by atoms with E-state index < -0.39 is 0 Å². The minimum atomic E-state index is 0.567.